The van der Waals surface area contributed by atoms with Crippen LogP contribution in [0.15, 0.2) is 24.5 Å². The van der Waals surface area contributed by atoms with Gasteiger partial charge in [-0.05, 0) is 44.9 Å². The van der Waals surface area contributed by atoms with Crippen molar-refractivity contribution in [2.75, 3.05) is 5.32 Å². The Labute approximate surface area is 117 Å². The lowest BCUT2D eigenvalue weighted by atomic mass is 10.00. The molecule has 1 aromatic heterocycles. The molecule has 0 saturated carbocycles. The lowest BCUT2D eigenvalue weighted by Crippen LogP contribution is -2.37. The Bertz CT molecular complexity index is 609. The van der Waals surface area contributed by atoms with Crippen molar-refractivity contribution in [1.82, 2.24) is 9.97 Å². The number of hydrogen-bond acceptors (Lipinski definition) is 4. The molecule has 0 spiro atoms. The maximum atomic E-state index is 13.4. The second-order valence-corrected chi connectivity index (χ2v) is 5.45. The lowest BCUT2D eigenvalue weighted by molar-refractivity contribution is -0.0338. The second-order valence-electron chi connectivity index (χ2n) is 5.45. The zero-order valence-corrected chi connectivity index (χ0v) is 11.6. The molecule has 2 unspecified atom stereocenters. The number of halogens is 1. The third kappa shape index (κ3) is 2.72. The highest BCUT2D eigenvalue weighted by Gasteiger charge is 2.24. The fraction of sp³-hybridized carbons (Fsp3) is 0.467. The summed E-state index contributed by atoms with van der Waals surface area (Å²) in [5.41, 5.74) is 0.747. The number of nitrogens with zero attached hydrogens (tertiary/aromatic N) is 2. The summed E-state index contributed by atoms with van der Waals surface area (Å²) in [6, 6.07) is 4.85. The first-order valence-electron chi connectivity index (χ1n) is 6.94. The number of ether oxygens (including phenoxy) is 1. The quantitative estimate of drug-likeness (QED) is 0.914. The Morgan fingerprint density at radius 2 is 1.95 bits per heavy atom. The van der Waals surface area contributed by atoms with E-state index in [1.165, 1.54) is 18.5 Å². The molecule has 1 saturated heterocycles. The van der Waals surface area contributed by atoms with Crippen molar-refractivity contribution >= 4 is 16.7 Å². The van der Waals surface area contributed by atoms with Crippen molar-refractivity contribution in [1.29, 1.82) is 0 Å². The number of anilines is 1. The van der Waals surface area contributed by atoms with Crippen LogP contribution in [0, 0.1) is 5.82 Å². The van der Waals surface area contributed by atoms with Gasteiger partial charge in [0.15, 0.2) is 0 Å². The number of aromatic nitrogens is 2. The number of nitrogens with one attached hydrogen (secondary N) is 1. The van der Waals surface area contributed by atoms with E-state index >= 15 is 0 Å². The Hall–Kier alpha value is -1.75. The van der Waals surface area contributed by atoms with Gasteiger partial charge >= 0.3 is 0 Å². The summed E-state index contributed by atoms with van der Waals surface area (Å²) in [6.45, 7) is 4.14. The molecule has 0 radical (unpaired) electrons. The number of rotatable bonds is 2. The first kappa shape index (κ1) is 13.2. The highest BCUT2D eigenvalue weighted by atomic mass is 19.1. The van der Waals surface area contributed by atoms with E-state index in [1.54, 1.807) is 6.07 Å². The summed E-state index contributed by atoms with van der Waals surface area (Å²) in [5, 5.41) is 4.14. The van der Waals surface area contributed by atoms with E-state index in [4.69, 9.17) is 4.74 Å². The number of hydrogen-bond donors (Lipinski definition) is 1. The molecule has 1 aliphatic rings. The molecule has 3 rings (SSSR count). The molecule has 1 N–H and O–H groups in total. The van der Waals surface area contributed by atoms with Crippen molar-refractivity contribution in [3.05, 3.63) is 30.3 Å². The first-order chi connectivity index (χ1) is 9.61. The number of benzene rings is 1. The van der Waals surface area contributed by atoms with Gasteiger partial charge in [-0.2, -0.15) is 0 Å². The molecule has 2 atom stereocenters. The predicted octanol–water partition coefficient (Wildman–Crippen LogP) is 3.14. The number of fused-ring (bicyclic) bond motifs is 1. The normalized spacial score (nSPS) is 26.6. The molecule has 4 nitrogen and oxygen atoms in total. The zero-order valence-electron chi connectivity index (χ0n) is 11.6. The van der Waals surface area contributed by atoms with Crippen molar-refractivity contribution < 1.29 is 9.13 Å². The van der Waals surface area contributed by atoms with Gasteiger partial charge in [-0.3, -0.25) is 0 Å². The van der Waals surface area contributed by atoms with Gasteiger partial charge in [-0.1, -0.05) is 0 Å². The summed E-state index contributed by atoms with van der Waals surface area (Å²) in [6.07, 6.45) is 3.80. The molecular weight excluding hydrogens is 257 g/mol. The summed E-state index contributed by atoms with van der Waals surface area (Å²) in [4.78, 5) is 8.43. The monoisotopic (exact) mass is 275 g/mol. The van der Waals surface area contributed by atoms with Crippen LogP contribution in [0.2, 0.25) is 0 Å². The van der Waals surface area contributed by atoms with Gasteiger partial charge in [0.05, 0.1) is 17.7 Å². The predicted molar refractivity (Wildman–Crippen MR) is 76.1 cm³/mol. The van der Waals surface area contributed by atoms with Crippen LogP contribution in [0.5, 0.6) is 0 Å². The molecule has 106 valence electrons. The minimum atomic E-state index is -0.274. The maximum absolute atomic E-state index is 13.4. The molecule has 2 heterocycles. The molecule has 2 aromatic rings. The highest BCUT2D eigenvalue weighted by molar-refractivity contribution is 5.88. The molecule has 0 aliphatic carbocycles. The standard InChI is InChI=1S/C15H18FN3O/c1-9-5-12(6-10(2)20-9)19-15-13-7-11(16)3-4-14(13)17-8-18-15/h3-4,7-10,12H,5-6H2,1-2H3,(H,17,18,19). The molecule has 20 heavy (non-hydrogen) atoms. The highest BCUT2D eigenvalue weighted by Crippen LogP contribution is 2.25. The van der Waals surface area contributed by atoms with Crippen molar-refractivity contribution in [2.45, 2.75) is 44.9 Å². The van der Waals surface area contributed by atoms with Gasteiger partial charge in [-0.15, -0.1) is 0 Å². The van der Waals surface area contributed by atoms with Crippen LogP contribution in [-0.4, -0.2) is 28.2 Å². The molecule has 0 amide bonds. The van der Waals surface area contributed by atoms with Crippen molar-refractivity contribution in [2.24, 2.45) is 0 Å². The van der Waals surface area contributed by atoms with Crippen LogP contribution in [0.4, 0.5) is 10.2 Å². The van der Waals surface area contributed by atoms with Gasteiger partial charge in [0, 0.05) is 11.4 Å². The van der Waals surface area contributed by atoms with E-state index in [-0.39, 0.29) is 24.1 Å². The summed E-state index contributed by atoms with van der Waals surface area (Å²) < 4.78 is 19.1. The van der Waals surface area contributed by atoms with E-state index in [9.17, 15) is 4.39 Å². The van der Waals surface area contributed by atoms with Gasteiger partial charge in [0.25, 0.3) is 0 Å². The average molecular weight is 275 g/mol. The molecule has 1 fully saturated rings. The smallest absolute Gasteiger partial charge is 0.137 e. The minimum Gasteiger partial charge on any atom is -0.375 e. The second kappa shape index (κ2) is 5.32. The topological polar surface area (TPSA) is 47.0 Å². The van der Waals surface area contributed by atoms with Gasteiger partial charge in [0.1, 0.15) is 18.0 Å². The van der Waals surface area contributed by atoms with Crippen LogP contribution in [0.1, 0.15) is 26.7 Å². The van der Waals surface area contributed by atoms with E-state index in [0.717, 1.165) is 23.7 Å². The fourth-order valence-electron chi connectivity index (χ4n) is 2.86. The molecular formula is C15H18FN3O. The van der Waals surface area contributed by atoms with E-state index in [2.05, 4.69) is 29.1 Å². The Morgan fingerprint density at radius 1 is 1.20 bits per heavy atom. The Kier molecular flexibility index (Phi) is 3.53. The molecule has 0 bridgehead atoms. The largest absolute Gasteiger partial charge is 0.375 e. The van der Waals surface area contributed by atoms with Crippen LogP contribution < -0.4 is 5.32 Å². The summed E-state index contributed by atoms with van der Waals surface area (Å²) >= 11 is 0. The van der Waals surface area contributed by atoms with Crippen LogP contribution >= 0.6 is 0 Å². The fourth-order valence-corrected chi connectivity index (χ4v) is 2.86. The summed E-state index contributed by atoms with van der Waals surface area (Å²) in [7, 11) is 0. The van der Waals surface area contributed by atoms with Crippen LogP contribution in [0.3, 0.4) is 0 Å². The summed E-state index contributed by atoms with van der Waals surface area (Å²) in [5.74, 6) is 0.421. The molecule has 1 aliphatic heterocycles. The van der Waals surface area contributed by atoms with E-state index in [1.807, 2.05) is 0 Å². The Balaban J connectivity index is 1.88. The van der Waals surface area contributed by atoms with Gasteiger partial charge < -0.3 is 10.1 Å². The third-order valence-corrected chi connectivity index (χ3v) is 3.64. The zero-order chi connectivity index (χ0) is 14.1. The Morgan fingerprint density at radius 3 is 2.70 bits per heavy atom. The van der Waals surface area contributed by atoms with Crippen LogP contribution in [0.25, 0.3) is 10.9 Å². The van der Waals surface area contributed by atoms with Crippen molar-refractivity contribution in [3.8, 4) is 0 Å². The van der Waals surface area contributed by atoms with Gasteiger partial charge in [0.2, 0.25) is 0 Å². The SMILES string of the molecule is CC1CC(Nc2ncnc3ccc(F)cc23)CC(C)O1. The first-order valence-corrected chi connectivity index (χ1v) is 6.94. The van der Waals surface area contributed by atoms with E-state index in [0.29, 0.717) is 5.82 Å². The third-order valence-electron chi connectivity index (χ3n) is 3.64. The molecule has 1 aromatic carbocycles. The average Bonchev–Trinajstić information content (AvgIpc) is 2.38. The maximum Gasteiger partial charge on any atom is 0.137 e. The van der Waals surface area contributed by atoms with Gasteiger partial charge in [-0.25, -0.2) is 14.4 Å². The lowest BCUT2D eigenvalue weighted by Gasteiger charge is -2.33. The van der Waals surface area contributed by atoms with Crippen molar-refractivity contribution in [3.63, 3.8) is 0 Å². The minimum absolute atomic E-state index is 0.223. The van der Waals surface area contributed by atoms with E-state index < -0.39 is 0 Å². The molecule has 5 heteroatoms. The van der Waals surface area contributed by atoms with Crippen LogP contribution in [-0.2, 0) is 4.74 Å².